The van der Waals surface area contributed by atoms with Crippen LogP contribution in [0.5, 0.6) is 0 Å². The van der Waals surface area contributed by atoms with E-state index >= 15 is 0 Å². The van der Waals surface area contributed by atoms with Crippen LogP contribution in [-0.4, -0.2) is 0 Å². The van der Waals surface area contributed by atoms with Gasteiger partial charge in [0.15, 0.2) is 0 Å². The third-order valence-electron chi connectivity index (χ3n) is 1.49. The third-order valence-corrected chi connectivity index (χ3v) is 1.49. The van der Waals surface area contributed by atoms with E-state index in [2.05, 4.69) is 6.92 Å². The second kappa shape index (κ2) is 8.00. The first kappa shape index (κ1) is 14.9. The number of benzene rings is 1. The van der Waals surface area contributed by atoms with E-state index < -0.39 is 0 Å². The van der Waals surface area contributed by atoms with Crippen LogP contribution < -0.4 is 37.7 Å². The van der Waals surface area contributed by atoms with Crippen LogP contribution in [0.4, 0.5) is 0 Å². The van der Waals surface area contributed by atoms with Crippen molar-refractivity contribution in [3.8, 4) is 0 Å². The van der Waals surface area contributed by atoms with Gasteiger partial charge in [-0.3, -0.25) is 0 Å². The van der Waals surface area contributed by atoms with Crippen molar-refractivity contribution >= 4 is 0 Å². The standard InChI is InChI=1S/C9H11N.2Li/c1-2-9(10)8-6-4-3-5-7-8;;/h3-7,9-10H,1-2H2;;/q-2;2*+1. The summed E-state index contributed by atoms with van der Waals surface area (Å²) in [5, 5.41) is 0. The zero-order chi connectivity index (χ0) is 7.40. The Morgan fingerprint density at radius 2 is 1.67 bits per heavy atom. The van der Waals surface area contributed by atoms with Gasteiger partial charge < -0.3 is 12.7 Å². The van der Waals surface area contributed by atoms with E-state index in [1.807, 2.05) is 30.3 Å². The van der Waals surface area contributed by atoms with Crippen molar-refractivity contribution in [3.63, 3.8) is 0 Å². The maximum atomic E-state index is 7.50. The molecule has 0 fully saturated rings. The largest absolute Gasteiger partial charge is 1.00 e. The molecule has 0 aromatic heterocycles. The van der Waals surface area contributed by atoms with Gasteiger partial charge in [0.25, 0.3) is 0 Å². The van der Waals surface area contributed by atoms with Gasteiger partial charge in [0.1, 0.15) is 0 Å². The summed E-state index contributed by atoms with van der Waals surface area (Å²) in [5.41, 5.74) is 8.55. The smallest absolute Gasteiger partial charge is 0.673 e. The van der Waals surface area contributed by atoms with E-state index in [0.717, 1.165) is 5.56 Å². The predicted octanol–water partition coefficient (Wildman–Crippen LogP) is -2.99. The SMILES string of the molecule is [CH2-]CC([NH-])c1ccccc1.[Li+].[Li+]. The van der Waals surface area contributed by atoms with Gasteiger partial charge >= 0.3 is 37.7 Å². The van der Waals surface area contributed by atoms with Gasteiger partial charge in [0.2, 0.25) is 0 Å². The summed E-state index contributed by atoms with van der Waals surface area (Å²) in [6.45, 7) is 3.67. The third kappa shape index (κ3) is 4.41. The Labute approximate surface area is 98.5 Å². The molecule has 1 aromatic carbocycles. The van der Waals surface area contributed by atoms with E-state index in [-0.39, 0.29) is 43.8 Å². The zero-order valence-corrected chi connectivity index (χ0v) is 7.88. The maximum absolute atomic E-state index is 7.50. The minimum Gasteiger partial charge on any atom is -0.673 e. The fourth-order valence-electron chi connectivity index (χ4n) is 0.852. The van der Waals surface area contributed by atoms with Crippen LogP contribution in [0.3, 0.4) is 0 Å². The first-order valence-electron chi connectivity index (χ1n) is 3.40. The van der Waals surface area contributed by atoms with Crippen molar-refractivity contribution < 1.29 is 37.7 Å². The molecule has 1 rings (SSSR count). The summed E-state index contributed by atoms with van der Waals surface area (Å²) in [5.74, 6) is 0. The Bertz CT molecular complexity index is 189. The monoisotopic (exact) mass is 147 g/mol. The van der Waals surface area contributed by atoms with Crippen LogP contribution in [0.1, 0.15) is 18.0 Å². The number of rotatable bonds is 2. The molecule has 12 heavy (non-hydrogen) atoms. The maximum Gasteiger partial charge on any atom is 1.00 e. The Kier molecular flexibility index (Phi) is 9.91. The van der Waals surface area contributed by atoms with Crippen molar-refractivity contribution in [1.82, 2.24) is 0 Å². The molecule has 0 amide bonds. The minimum absolute atomic E-state index is 0. The Morgan fingerprint density at radius 1 is 1.17 bits per heavy atom. The molecule has 0 aliphatic rings. The van der Waals surface area contributed by atoms with E-state index in [4.69, 9.17) is 5.73 Å². The van der Waals surface area contributed by atoms with Crippen LogP contribution in [0, 0.1) is 6.92 Å². The Morgan fingerprint density at radius 3 is 2.08 bits per heavy atom. The van der Waals surface area contributed by atoms with Gasteiger partial charge in [0, 0.05) is 0 Å². The number of nitrogens with one attached hydrogen (secondary N) is 1. The molecule has 0 aliphatic heterocycles. The van der Waals surface area contributed by atoms with Crippen LogP contribution in [0.25, 0.3) is 5.73 Å². The fraction of sp³-hybridized carbons (Fsp3) is 0.222. The van der Waals surface area contributed by atoms with E-state index in [1.54, 1.807) is 0 Å². The van der Waals surface area contributed by atoms with Crippen molar-refractivity contribution in [2.24, 2.45) is 0 Å². The van der Waals surface area contributed by atoms with Crippen LogP contribution in [0.15, 0.2) is 30.3 Å². The summed E-state index contributed by atoms with van der Waals surface area (Å²) < 4.78 is 0. The molecule has 54 valence electrons. The molecule has 1 nitrogen and oxygen atoms in total. The van der Waals surface area contributed by atoms with Crippen molar-refractivity contribution in [3.05, 3.63) is 48.6 Å². The van der Waals surface area contributed by atoms with Crippen molar-refractivity contribution in [2.45, 2.75) is 12.5 Å². The normalized spacial score (nSPS) is 10.8. The molecular weight excluding hydrogens is 136 g/mol. The average Bonchev–Trinajstić information content (AvgIpc) is 2.05. The minimum atomic E-state index is -0.152. The summed E-state index contributed by atoms with van der Waals surface area (Å²) in [6, 6.07) is 9.63. The van der Waals surface area contributed by atoms with Gasteiger partial charge in [-0.1, -0.05) is 35.9 Å². The molecular formula is C9H11Li2N. The molecule has 0 aliphatic carbocycles. The number of hydrogen-bond acceptors (Lipinski definition) is 0. The van der Waals surface area contributed by atoms with Gasteiger partial charge in [-0.05, 0) is 0 Å². The summed E-state index contributed by atoms with van der Waals surface area (Å²) in [4.78, 5) is 0. The molecule has 1 atom stereocenters. The van der Waals surface area contributed by atoms with Gasteiger partial charge in [-0.2, -0.15) is 6.42 Å². The number of hydrogen-bond donors (Lipinski definition) is 0. The molecule has 1 unspecified atom stereocenters. The average molecular weight is 147 g/mol. The molecule has 0 heterocycles. The molecule has 0 radical (unpaired) electrons. The molecule has 0 spiro atoms. The van der Waals surface area contributed by atoms with Gasteiger partial charge in [-0.15, -0.1) is 6.04 Å². The predicted molar refractivity (Wildman–Crippen MR) is 43.5 cm³/mol. The van der Waals surface area contributed by atoms with Crippen LogP contribution in [0.2, 0.25) is 0 Å². The molecule has 0 bridgehead atoms. The van der Waals surface area contributed by atoms with Crippen molar-refractivity contribution in [1.29, 1.82) is 0 Å². The van der Waals surface area contributed by atoms with Crippen LogP contribution in [-0.2, 0) is 0 Å². The molecule has 3 heteroatoms. The van der Waals surface area contributed by atoms with Crippen molar-refractivity contribution in [2.75, 3.05) is 0 Å². The molecule has 1 N–H and O–H groups in total. The Balaban J connectivity index is 0. The Hall–Kier alpha value is 0.375. The zero-order valence-electron chi connectivity index (χ0n) is 7.88. The van der Waals surface area contributed by atoms with E-state index in [1.165, 1.54) is 0 Å². The first-order chi connectivity index (χ1) is 4.84. The first-order valence-corrected chi connectivity index (χ1v) is 3.40. The fourth-order valence-corrected chi connectivity index (χ4v) is 0.852. The summed E-state index contributed by atoms with van der Waals surface area (Å²) >= 11 is 0. The molecule has 0 saturated carbocycles. The van der Waals surface area contributed by atoms with E-state index in [9.17, 15) is 0 Å². The second-order valence-corrected chi connectivity index (χ2v) is 2.25. The summed E-state index contributed by atoms with van der Waals surface area (Å²) in [6.07, 6.45) is 0.643. The topological polar surface area (TPSA) is 23.8 Å². The van der Waals surface area contributed by atoms with Crippen LogP contribution >= 0.6 is 0 Å². The molecule has 1 aromatic rings. The van der Waals surface area contributed by atoms with Gasteiger partial charge in [-0.25, -0.2) is 0 Å². The van der Waals surface area contributed by atoms with Gasteiger partial charge in [0.05, 0.1) is 0 Å². The molecule has 0 saturated heterocycles. The van der Waals surface area contributed by atoms with E-state index in [0.29, 0.717) is 6.42 Å². The quantitative estimate of drug-likeness (QED) is 0.315. The second-order valence-electron chi connectivity index (χ2n) is 2.25. The summed E-state index contributed by atoms with van der Waals surface area (Å²) in [7, 11) is 0.